The summed E-state index contributed by atoms with van der Waals surface area (Å²) >= 11 is 0. The van der Waals surface area contributed by atoms with Gasteiger partial charge in [0, 0.05) is 18.4 Å². The number of nitrogens with zero attached hydrogens (tertiary/aromatic N) is 1. The number of nitro groups is 1. The number of rotatable bonds is 4. The molecule has 1 aromatic rings. The van der Waals surface area contributed by atoms with Crippen molar-refractivity contribution in [3.05, 3.63) is 34.1 Å². The zero-order valence-electron chi connectivity index (χ0n) is 10.1. The zero-order chi connectivity index (χ0) is 14.8. The van der Waals surface area contributed by atoms with Crippen molar-refractivity contribution in [1.29, 1.82) is 0 Å². The van der Waals surface area contributed by atoms with E-state index in [-0.39, 0.29) is 0 Å². The van der Waals surface area contributed by atoms with E-state index in [1.165, 1.54) is 0 Å². The van der Waals surface area contributed by atoms with Gasteiger partial charge in [0.05, 0.1) is 10.6 Å². The number of benzene rings is 1. The van der Waals surface area contributed by atoms with Crippen molar-refractivity contribution in [3.8, 4) is 0 Å². The number of hydrogen-bond acceptors (Lipinski definition) is 5. The van der Waals surface area contributed by atoms with Gasteiger partial charge >= 0.3 is 0 Å². The number of carbonyl (C=O) groups excluding carboxylic acids is 1. The average molecular weight is 290 g/mol. The molecule has 0 heterocycles. The van der Waals surface area contributed by atoms with E-state index in [2.05, 4.69) is 0 Å². The maximum Gasteiger partial charge on any atom is 0.271 e. The Kier molecular flexibility index (Phi) is 4.20. The molecule has 0 aromatic heterocycles. The summed E-state index contributed by atoms with van der Waals surface area (Å²) in [5, 5.41) is 11.1. The molecule has 0 bridgehead atoms. The molecular formula is C10H11FN2O5S. The van der Waals surface area contributed by atoms with Gasteiger partial charge < -0.3 is 5.32 Å². The lowest BCUT2D eigenvalue weighted by molar-refractivity contribution is -0.384. The van der Waals surface area contributed by atoms with Gasteiger partial charge in [0.25, 0.3) is 5.69 Å². The first kappa shape index (κ1) is 15.0. The van der Waals surface area contributed by atoms with Gasteiger partial charge in [-0.2, -0.15) is 0 Å². The summed E-state index contributed by atoms with van der Waals surface area (Å²) in [6.45, 7) is 1.14. The lowest BCUT2D eigenvalue weighted by atomic mass is 10.2. The SMILES string of the molecule is C[C@@H](C(=O)Nc1cc([N+](=O)[O-])ccc1F)S(C)(=O)=O. The van der Waals surface area contributed by atoms with Gasteiger partial charge in [-0.15, -0.1) is 0 Å². The molecule has 7 nitrogen and oxygen atoms in total. The number of nitrogens with one attached hydrogen (secondary N) is 1. The number of anilines is 1. The fourth-order valence-corrected chi connectivity index (χ4v) is 1.60. The first-order chi connectivity index (χ1) is 8.62. The highest BCUT2D eigenvalue weighted by Crippen LogP contribution is 2.21. The van der Waals surface area contributed by atoms with Gasteiger partial charge in [0.15, 0.2) is 9.84 Å². The summed E-state index contributed by atoms with van der Waals surface area (Å²) in [5.41, 5.74) is -0.849. The maximum atomic E-state index is 13.4. The molecule has 1 amide bonds. The van der Waals surface area contributed by atoms with E-state index in [1.807, 2.05) is 5.32 Å². The van der Waals surface area contributed by atoms with E-state index in [0.29, 0.717) is 0 Å². The predicted molar refractivity (Wildman–Crippen MR) is 66.0 cm³/mol. The van der Waals surface area contributed by atoms with Crippen molar-refractivity contribution >= 4 is 27.1 Å². The second-order valence-corrected chi connectivity index (χ2v) is 6.25. The summed E-state index contributed by atoms with van der Waals surface area (Å²) in [4.78, 5) is 21.3. The van der Waals surface area contributed by atoms with Gasteiger partial charge in [0.2, 0.25) is 5.91 Å². The number of carbonyl (C=O) groups is 1. The molecule has 0 unspecified atom stereocenters. The molecule has 0 saturated heterocycles. The minimum absolute atomic E-state index is 0.413. The second kappa shape index (κ2) is 5.31. The highest BCUT2D eigenvalue weighted by atomic mass is 32.2. The molecular weight excluding hydrogens is 279 g/mol. The molecule has 0 saturated carbocycles. The molecule has 1 atom stereocenters. The summed E-state index contributed by atoms with van der Waals surface area (Å²) in [6.07, 6.45) is 0.862. The lowest BCUT2D eigenvalue weighted by Crippen LogP contribution is -2.32. The first-order valence-corrected chi connectivity index (χ1v) is 7.02. The van der Waals surface area contributed by atoms with Gasteiger partial charge in [-0.3, -0.25) is 14.9 Å². The second-order valence-electron chi connectivity index (χ2n) is 3.88. The van der Waals surface area contributed by atoms with Gasteiger partial charge in [-0.1, -0.05) is 0 Å². The molecule has 0 radical (unpaired) electrons. The Morgan fingerprint density at radius 1 is 1.47 bits per heavy atom. The van der Waals surface area contributed by atoms with E-state index < -0.39 is 43.1 Å². The maximum absolute atomic E-state index is 13.4. The van der Waals surface area contributed by atoms with E-state index in [9.17, 15) is 27.7 Å². The van der Waals surface area contributed by atoms with Crippen molar-refractivity contribution < 1.29 is 22.5 Å². The minimum Gasteiger partial charge on any atom is -0.322 e. The van der Waals surface area contributed by atoms with Crippen molar-refractivity contribution in [2.75, 3.05) is 11.6 Å². The average Bonchev–Trinajstić information content (AvgIpc) is 2.29. The summed E-state index contributed by atoms with van der Waals surface area (Å²) < 4.78 is 35.7. The molecule has 0 aliphatic heterocycles. The Morgan fingerprint density at radius 3 is 2.53 bits per heavy atom. The standard InChI is InChI=1S/C10H11FN2O5S/c1-6(19(2,17)18)10(14)12-9-5-7(13(15)16)3-4-8(9)11/h3-6H,1-2H3,(H,12,14)/t6-/m0/s1. The number of sulfone groups is 1. The van der Waals surface area contributed by atoms with Crippen LogP contribution in [0.5, 0.6) is 0 Å². The van der Waals surface area contributed by atoms with Crippen molar-refractivity contribution in [2.24, 2.45) is 0 Å². The Hall–Kier alpha value is -2.03. The van der Waals surface area contributed by atoms with Crippen LogP contribution in [0, 0.1) is 15.9 Å². The van der Waals surface area contributed by atoms with E-state index in [4.69, 9.17) is 0 Å². The van der Waals surface area contributed by atoms with Crippen LogP contribution in [0.2, 0.25) is 0 Å². The largest absolute Gasteiger partial charge is 0.322 e. The van der Waals surface area contributed by atoms with Crippen LogP contribution in [0.15, 0.2) is 18.2 Å². The summed E-state index contributed by atoms with van der Waals surface area (Å²) in [7, 11) is -3.63. The van der Waals surface area contributed by atoms with Crippen LogP contribution in [0.4, 0.5) is 15.8 Å². The molecule has 0 aliphatic rings. The minimum atomic E-state index is -3.63. The monoisotopic (exact) mass is 290 g/mol. The number of nitro benzene ring substituents is 1. The molecule has 0 aliphatic carbocycles. The fraction of sp³-hybridized carbons (Fsp3) is 0.300. The third-order valence-electron chi connectivity index (χ3n) is 2.43. The molecule has 104 valence electrons. The van der Waals surface area contributed by atoms with Crippen LogP contribution in [0.1, 0.15) is 6.92 Å². The van der Waals surface area contributed by atoms with Gasteiger partial charge in [0.1, 0.15) is 11.1 Å². The van der Waals surface area contributed by atoms with Crippen LogP contribution in [0.25, 0.3) is 0 Å². The highest BCUT2D eigenvalue weighted by molar-refractivity contribution is 7.92. The molecule has 0 spiro atoms. The number of hydrogen-bond donors (Lipinski definition) is 1. The predicted octanol–water partition coefficient (Wildman–Crippen LogP) is 1.11. The Bertz CT molecular complexity index is 629. The van der Waals surface area contributed by atoms with Crippen LogP contribution < -0.4 is 5.32 Å². The Morgan fingerprint density at radius 2 is 2.05 bits per heavy atom. The van der Waals surface area contributed by atoms with Crippen LogP contribution in [-0.2, 0) is 14.6 Å². The third kappa shape index (κ3) is 3.71. The van der Waals surface area contributed by atoms with Crippen molar-refractivity contribution in [2.45, 2.75) is 12.2 Å². The van der Waals surface area contributed by atoms with Crippen LogP contribution in [0.3, 0.4) is 0 Å². The van der Waals surface area contributed by atoms with E-state index in [1.54, 1.807) is 0 Å². The first-order valence-electron chi connectivity index (χ1n) is 5.06. The lowest BCUT2D eigenvalue weighted by Gasteiger charge is -2.10. The quantitative estimate of drug-likeness (QED) is 0.660. The molecule has 1 aromatic carbocycles. The number of non-ortho nitro benzene ring substituents is 1. The number of halogens is 1. The topological polar surface area (TPSA) is 106 Å². The van der Waals surface area contributed by atoms with E-state index >= 15 is 0 Å². The normalized spacial score (nSPS) is 12.8. The van der Waals surface area contributed by atoms with Gasteiger partial charge in [-0.25, -0.2) is 12.8 Å². The summed E-state index contributed by atoms with van der Waals surface area (Å²) in [6, 6.07) is 2.58. The van der Waals surface area contributed by atoms with Crippen LogP contribution >= 0.6 is 0 Å². The molecule has 1 N–H and O–H groups in total. The molecule has 0 fully saturated rings. The van der Waals surface area contributed by atoms with Crippen LogP contribution in [-0.4, -0.2) is 30.8 Å². The van der Waals surface area contributed by atoms with Gasteiger partial charge in [-0.05, 0) is 13.0 Å². The van der Waals surface area contributed by atoms with Crippen molar-refractivity contribution in [3.63, 3.8) is 0 Å². The molecule has 19 heavy (non-hydrogen) atoms. The third-order valence-corrected chi connectivity index (χ3v) is 3.93. The zero-order valence-corrected chi connectivity index (χ0v) is 10.9. The van der Waals surface area contributed by atoms with E-state index in [0.717, 1.165) is 31.4 Å². The smallest absolute Gasteiger partial charge is 0.271 e. The van der Waals surface area contributed by atoms with Crippen molar-refractivity contribution in [1.82, 2.24) is 0 Å². The molecule has 9 heteroatoms. The fourth-order valence-electron chi connectivity index (χ4n) is 1.15. The number of amides is 1. The Labute approximate surface area is 108 Å². The summed E-state index contributed by atoms with van der Waals surface area (Å²) in [5.74, 6) is -1.85. The molecule has 1 rings (SSSR count). The Balaban J connectivity index is 3.03. The highest BCUT2D eigenvalue weighted by Gasteiger charge is 2.24.